The number of urea groups is 1. The Morgan fingerprint density at radius 3 is 2.24 bits per heavy atom. The number of hydrogen-bond acceptors (Lipinski definition) is 4. The molecule has 2 amide bonds. The minimum Gasteiger partial charge on any atom is -0.497 e. The number of H-pyrrole nitrogens is 1. The summed E-state index contributed by atoms with van der Waals surface area (Å²) in [5, 5.41) is 3.75. The number of amides is 2. The predicted octanol–water partition coefficient (Wildman–Crippen LogP) is 5.09. The minimum absolute atomic E-state index is 0.137. The van der Waals surface area contributed by atoms with Crippen molar-refractivity contribution in [3.8, 4) is 11.5 Å². The van der Waals surface area contributed by atoms with Gasteiger partial charge in [0.25, 0.3) is 5.56 Å². The van der Waals surface area contributed by atoms with Gasteiger partial charge in [-0.3, -0.25) is 4.79 Å². The van der Waals surface area contributed by atoms with Gasteiger partial charge in [-0.15, -0.1) is 0 Å². The molecule has 0 unspecified atom stereocenters. The normalized spacial score (nSPS) is 10.7. The van der Waals surface area contributed by atoms with Crippen LogP contribution in [0.2, 0.25) is 0 Å². The highest BCUT2D eigenvalue weighted by molar-refractivity contribution is 5.89. The largest absolute Gasteiger partial charge is 0.497 e. The van der Waals surface area contributed by atoms with E-state index in [9.17, 15) is 9.59 Å². The number of hydrogen-bond donors (Lipinski definition) is 2. The van der Waals surface area contributed by atoms with E-state index in [0.29, 0.717) is 34.8 Å². The van der Waals surface area contributed by atoms with Crippen LogP contribution in [0.15, 0.2) is 77.6 Å². The van der Waals surface area contributed by atoms with E-state index in [1.54, 1.807) is 61.6 Å². The molecule has 4 aromatic rings. The lowest BCUT2D eigenvalue weighted by molar-refractivity contribution is 0.206. The molecule has 3 aromatic carbocycles. The van der Waals surface area contributed by atoms with E-state index in [1.807, 2.05) is 37.3 Å². The molecular formula is C27H27N3O4. The Kier molecular flexibility index (Phi) is 6.82. The molecule has 34 heavy (non-hydrogen) atoms. The number of rotatable bonds is 7. The van der Waals surface area contributed by atoms with Gasteiger partial charge in [-0.1, -0.05) is 29.8 Å². The van der Waals surface area contributed by atoms with Gasteiger partial charge in [0, 0.05) is 28.7 Å². The zero-order valence-electron chi connectivity index (χ0n) is 19.4. The zero-order valence-corrected chi connectivity index (χ0v) is 19.4. The van der Waals surface area contributed by atoms with Crippen LogP contribution in [-0.4, -0.2) is 30.1 Å². The van der Waals surface area contributed by atoms with Crippen molar-refractivity contribution < 1.29 is 14.3 Å². The number of pyridine rings is 1. The molecule has 1 heterocycles. The number of ether oxygens (including phenoxy) is 2. The van der Waals surface area contributed by atoms with Crippen LogP contribution in [-0.2, 0) is 13.1 Å². The maximum atomic E-state index is 13.3. The number of benzene rings is 3. The number of anilines is 1. The zero-order chi connectivity index (χ0) is 24.1. The topological polar surface area (TPSA) is 83.7 Å². The quantitative estimate of drug-likeness (QED) is 0.405. The Balaban J connectivity index is 1.64. The highest BCUT2D eigenvalue weighted by Gasteiger charge is 2.17. The first-order valence-electron chi connectivity index (χ1n) is 10.9. The number of carbonyl (C=O) groups is 1. The summed E-state index contributed by atoms with van der Waals surface area (Å²) in [6.45, 7) is 2.50. The number of nitrogens with zero attached hydrogens (tertiary/aromatic N) is 1. The molecular weight excluding hydrogens is 430 g/mol. The Morgan fingerprint density at radius 2 is 1.56 bits per heavy atom. The number of nitrogens with one attached hydrogen (secondary N) is 2. The van der Waals surface area contributed by atoms with Crippen molar-refractivity contribution in [2.24, 2.45) is 0 Å². The molecule has 0 bridgehead atoms. The van der Waals surface area contributed by atoms with Gasteiger partial charge >= 0.3 is 6.03 Å². The summed E-state index contributed by atoms with van der Waals surface area (Å²) >= 11 is 0. The van der Waals surface area contributed by atoms with E-state index in [0.717, 1.165) is 16.5 Å². The smallest absolute Gasteiger partial charge is 0.322 e. The summed E-state index contributed by atoms with van der Waals surface area (Å²) in [6, 6.07) is 22.0. The molecule has 174 valence electrons. The third-order valence-corrected chi connectivity index (χ3v) is 5.61. The fraction of sp³-hybridized carbons (Fsp3) is 0.185. The summed E-state index contributed by atoms with van der Waals surface area (Å²) in [5.74, 6) is 1.40. The second-order valence-corrected chi connectivity index (χ2v) is 8.08. The first kappa shape index (κ1) is 22.9. The molecule has 0 aliphatic carbocycles. The minimum atomic E-state index is -0.309. The van der Waals surface area contributed by atoms with Crippen molar-refractivity contribution in [3.05, 3.63) is 99.8 Å². The maximum Gasteiger partial charge on any atom is 0.322 e. The van der Waals surface area contributed by atoms with Crippen LogP contribution in [0.3, 0.4) is 0 Å². The monoisotopic (exact) mass is 457 g/mol. The number of aryl methyl sites for hydroxylation is 1. The molecule has 0 radical (unpaired) electrons. The van der Waals surface area contributed by atoms with E-state index in [2.05, 4.69) is 10.3 Å². The van der Waals surface area contributed by atoms with Crippen molar-refractivity contribution in [1.29, 1.82) is 0 Å². The van der Waals surface area contributed by atoms with Crippen molar-refractivity contribution in [1.82, 2.24) is 9.88 Å². The number of carbonyl (C=O) groups excluding carboxylic acids is 1. The SMILES string of the molecule is COc1ccc(NC(=O)N(Cc2ccc(C)cc2)Cc2cc3cc(OC)ccc3[nH]c2=O)cc1. The fourth-order valence-electron chi connectivity index (χ4n) is 3.67. The number of methoxy groups -OCH3 is 2. The first-order valence-corrected chi connectivity index (χ1v) is 10.9. The van der Waals surface area contributed by atoms with Crippen LogP contribution in [0.1, 0.15) is 16.7 Å². The lowest BCUT2D eigenvalue weighted by Gasteiger charge is -2.23. The van der Waals surface area contributed by atoms with E-state index in [-0.39, 0.29) is 18.1 Å². The average molecular weight is 458 g/mol. The van der Waals surface area contributed by atoms with Crippen LogP contribution < -0.4 is 20.3 Å². The number of fused-ring (bicyclic) bond motifs is 1. The van der Waals surface area contributed by atoms with Crippen molar-refractivity contribution in [2.45, 2.75) is 20.0 Å². The second-order valence-electron chi connectivity index (χ2n) is 8.08. The van der Waals surface area contributed by atoms with Gasteiger partial charge in [0.05, 0.1) is 20.8 Å². The number of aromatic nitrogens is 1. The third kappa shape index (κ3) is 5.38. The molecule has 1 aromatic heterocycles. The van der Waals surface area contributed by atoms with Gasteiger partial charge in [-0.05, 0) is 61.0 Å². The lowest BCUT2D eigenvalue weighted by Crippen LogP contribution is -2.35. The van der Waals surface area contributed by atoms with Gasteiger partial charge in [-0.25, -0.2) is 4.79 Å². The summed E-state index contributed by atoms with van der Waals surface area (Å²) in [4.78, 5) is 30.6. The molecule has 0 fully saturated rings. The van der Waals surface area contributed by atoms with Crippen LogP contribution in [0, 0.1) is 6.92 Å². The fourth-order valence-corrected chi connectivity index (χ4v) is 3.67. The van der Waals surface area contributed by atoms with Crippen molar-refractivity contribution in [3.63, 3.8) is 0 Å². The highest BCUT2D eigenvalue weighted by atomic mass is 16.5. The second kappa shape index (κ2) is 10.1. The molecule has 0 saturated heterocycles. The van der Waals surface area contributed by atoms with Crippen LogP contribution in [0.5, 0.6) is 11.5 Å². The van der Waals surface area contributed by atoms with E-state index in [4.69, 9.17) is 9.47 Å². The summed E-state index contributed by atoms with van der Waals surface area (Å²) < 4.78 is 10.5. The van der Waals surface area contributed by atoms with Gasteiger partial charge in [0.1, 0.15) is 11.5 Å². The molecule has 0 spiro atoms. The maximum absolute atomic E-state index is 13.3. The van der Waals surface area contributed by atoms with Gasteiger partial charge in [0.15, 0.2) is 0 Å². The van der Waals surface area contributed by atoms with Crippen LogP contribution in [0.4, 0.5) is 10.5 Å². The Hall–Kier alpha value is -4.26. The van der Waals surface area contributed by atoms with Crippen molar-refractivity contribution in [2.75, 3.05) is 19.5 Å². The molecule has 7 nitrogen and oxygen atoms in total. The van der Waals surface area contributed by atoms with Gasteiger partial charge < -0.3 is 24.7 Å². The average Bonchev–Trinajstić information content (AvgIpc) is 2.85. The van der Waals surface area contributed by atoms with E-state index < -0.39 is 0 Å². The predicted molar refractivity (Wildman–Crippen MR) is 134 cm³/mol. The van der Waals surface area contributed by atoms with Crippen LogP contribution in [0.25, 0.3) is 10.9 Å². The van der Waals surface area contributed by atoms with Crippen molar-refractivity contribution >= 4 is 22.6 Å². The summed E-state index contributed by atoms with van der Waals surface area (Å²) in [7, 11) is 3.19. The molecule has 0 aliphatic rings. The first-order chi connectivity index (χ1) is 16.4. The van der Waals surface area contributed by atoms with Crippen LogP contribution >= 0.6 is 0 Å². The van der Waals surface area contributed by atoms with E-state index >= 15 is 0 Å². The lowest BCUT2D eigenvalue weighted by atomic mass is 10.1. The molecule has 0 aliphatic heterocycles. The van der Waals surface area contributed by atoms with Gasteiger partial charge in [0.2, 0.25) is 0 Å². The molecule has 7 heteroatoms. The Morgan fingerprint density at radius 1 is 0.882 bits per heavy atom. The standard InChI is InChI=1S/C27H27N3O4/c1-18-4-6-19(7-5-18)16-30(27(32)28-22-8-10-23(33-2)11-9-22)17-21-14-20-15-24(34-3)12-13-25(20)29-26(21)31/h4-15H,16-17H2,1-3H3,(H,28,32)(H,29,31). The molecule has 0 saturated carbocycles. The molecule has 4 rings (SSSR count). The molecule has 0 atom stereocenters. The highest BCUT2D eigenvalue weighted by Crippen LogP contribution is 2.21. The summed E-state index contributed by atoms with van der Waals surface area (Å²) in [6.07, 6.45) is 0. The number of aromatic amines is 1. The Labute approximate surface area is 197 Å². The third-order valence-electron chi connectivity index (χ3n) is 5.61. The summed E-state index contributed by atoms with van der Waals surface area (Å²) in [5.41, 5.74) is 3.70. The Bertz CT molecular complexity index is 1350. The van der Waals surface area contributed by atoms with Gasteiger partial charge in [-0.2, -0.15) is 0 Å². The van der Waals surface area contributed by atoms with E-state index in [1.165, 1.54) is 0 Å². The molecule has 2 N–H and O–H groups in total.